The summed E-state index contributed by atoms with van der Waals surface area (Å²) in [6.45, 7) is 3.91. The summed E-state index contributed by atoms with van der Waals surface area (Å²) in [5.41, 5.74) is 3.29. The molecule has 8 heteroatoms. The van der Waals surface area contributed by atoms with Crippen molar-refractivity contribution in [2.45, 2.75) is 17.7 Å². The van der Waals surface area contributed by atoms with Crippen LogP contribution in [-0.2, 0) is 16.4 Å². The summed E-state index contributed by atoms with van der Waals surface area (Å²) in [6, 6.07) is 11.5. The fourth-order valence-corrected chi connectivity index (χ4v) is 4.23. The predicted molar refractivity (Wildman–Crippen MR) is 107 cm³/mol. The lowest BCUT2D eigenvalue weighted by atomic mass is 10.0. The second-order valence-corrected chi connectivity index (χ2v) is 8.29. The predicted octanol–water partition coefficient (Wildman–Crippen LogP) is 3.24. The van der Waals surface area contributed by atoms with Gasteiger partial charge in [-0.05, 0) is 48.7 Å². The zero-order chi connectivity index (χ0) is 19.7. The molecule has 0 saturated carbocycles. The Bertz CT molecular complexity index is 1170. The molecule has 3 aromatic rings. The van der Waals surface area contributed by atoms with Crippen LogP contribution in [0.15, 0.2) is 78.2 Å². The van der Waals surface area contributed by atoms with Crippen molar-refractivity contribution in [2.75, 3.05) is 10.6 Å². The van der Waals surface area contributed by atoms with Gasteiger partial charge in [0.2, 0.25) is 0 Å². The van der Waals surface area contributed by atoms with Crippen LogP contribution >= 0.6 is 0 Å². The molecule has 0 saturated heterocycles. The molecule has 0 fully saturated rings. The lowest BCUT2D eigenvalue weighted by molar-refractivity contribution is 0.102. The molecule has 2 aromatic heterocycles. The van der Waals surface area contributed by atoms with Crippen molar-refractivity contribution in [1.29, 1.82) is 0 Å². The van der Waals surface area contributed by atoms with Crippen molar-refractivity contribution in [1.82, 2.24) is 8.96 Å². The molecule has 28 heavy (non-hydrogen) atoms. The number of hydrogen-bond acceptors (Lipinski definition) is 5. The van der Waals surface area contributed by atoms with Crippen LogP contribution in [-0.4, -0.2) is 23.3 Å². The first-order chi connectivity index (χ1) is 13.4. The molecule has 1 amide bonds. The maximum Gasteiger partial charge on any atom is 0.274 e. The number of hydrogen-bond donors (Lipinski definition) is 2. The first kappa shape index (κ1) is 18.0. The number of nitrogens with one attached hydrogen (secondary N) is 2. The van der Waals surface area contributed by atoms with Gasteiger partial charge in [0, 0.05) is 30.0 Å². The molecule has 0 atom stereocenters. The van der Waals surface area contributed by atoms with Crippen LogP contribution in [0.1, 0.15) is 22.5 Å². The van der Waals surface area contributed by atoms with E-state index in [4.69, 9.17) is 0 Å². The third-order valence-corrected chi connectivity index (χ3v) is 6.12. The average molecular weight is 394 g/mol. The summed E-state index contributed by atoms with van der Waals surface area (Å²) in [4.78, 5) is 16.3. The number of nitrogens with zero attached hydrogens (tertiary/aromatic N) is 2. The van der Waals surface area contributed by atoms with Crippen molar-refractivity contribution in [2.24, 2.45) is 0 Å². The molecule has 1 aromatic carbocycles. The van der Waals surface area contributed by atoms with Crippen molar-refractivity contribution in [3.63, 3.8) is 0 Å². The number of benzene rings is 1. The highest BCUT2D eigenvalue weighted by Gasteiger charge is 2.20. The normalized spacial score (nSPS) is 13.5. The summed E-state index contributed by atoms with van der Waals surface area (Å²) < 4.78 is 27.0. The third kappa shape index (κ3) is 3.41. The van der Waals surface area contributed by atoms with Crippen molar-refractivity contribution < 1.29 is 13.2 Å². The van der Waals surface area contributed by atoms with E-state index in [-0.39, 0.29) is 10.6 Å². The molecule has 0 radical (unpaired) electrons. The van der Waals surface area contributed by atoms with Gasteiger partial charge in [-0.2, -0.15) is 0 Å². The van der Waals surface area contributed by atoms with Crippen LogP contribution in [0.25, 0.3) is 0 Å². The fourth-order valence-electron chi connectivity index (χ4n) is 3.00. The van der Waals surface area contributed by atoms with Gasteiger partial charge in [0.1, 0.15) is 5.69 Å². The van der Waals surface area contributed by atoms with Gasteiger partial charge < -0.3 is 10.6 Å². The highest BCUT2D eigenvalue weighted by Crippen LogP contribution is 2.29. The highest BCUT2D eigenvalue weighted by atomic mass is 32.2. The zero-order valence-electron chi connectivity index (χ0n) is 14.9. The van der Waals surface area contributed by atoms with Gasteiger partial charge in [0.15, 0.2) is 0 Å². The van der Waals surface area contributed by atoms with E-state index in [1.165, 1.54) is 24.7 Å². The first-order valence-corrected chi connectivity index (χ1v) is 10.1. The van der Waals surface area contributed by atoms with Gasteiger partial charge >= 0.3 is 0 Å². The van der Waals surface area contributed by atoms with E-state index in [0.29, 0.717) is 5.69 Å². The Balaban J connectivity index is 1.58. The molecule has 7 nitrogen and oxygen atoms in total. The average Bonchev–Trinajstić information content (AvgIpc) is 3.17. The lowest BCUT2D eigenvalue weighted by Gasteiger charge is -2.20. The van der Waals surface area contributed by atoms with E-state index >= 15 is 0 Å². The fraction of sp³-hybridized carbons (Fsp3) is 0.100. The molecule has 1 aliphatic rings. The molecule has 142 valence electrons. The molecular weight excluding hydrogens is 376 g/mol. The van der Waals surface area contributed by atoms with Crippen LogP contribution < -0.4 is 10.6 Å². The summed E-state index contributed by atoms with van der Waals surface area (Å²) in [7, 11) is -3.79. The number of allylic oxidation sites excluding steroid dienone is 1. The Hall–Kier alpha value is -3.39. The topological polar surface area (TPSA) is 93.1 Å². The van der Waals surface area contributed by atoms with Gasteiger partial charge in [0.05, 0.1) is 10.6 Å². The monoisotopic (exact) mass is 394 g/mol. The second-order valence-electron chi connectivity index (χ2n) is 6.45. The molecule has 2 N–H and O–H groups in total. The summed E-state index contributed by atoms with van der Waals surface area (Å²) in [6.07, 6.45) is 5.94. The highest BCUT2D eigenvalue weighted by molar-refractivity contribution is 7.90. The molecule has 1 aliphatic heterocycles. The summed E-state index contributed by atoms with van der Waals surface area (Å²) in [5, 5.41) is 5.79. The van der Waals surface area contributed by atoms with E-state index < -0.39 is 15.9 Å². The number of fused-ring (bicyclic) bond motifs is 1. The minimum Gasteiger partial charge on any atom is -0.359 e. The van der Waals surface area contributed by atoms with Crippen LogP contribution in [0.2, 0.25) is 0 Å². The number of rotatable bonds is 4. The maximum atomic E-state index is 13.0. The third-order valence-electron chi connectivity index (χ3n) is 4.49. The van der Waals surface area contributed by atoms with Crippen LogP contribution in [0, 0.1) is 0 Å². The Labute approximate surface area is 162 Å². The number of anilines is 2. The molecule has 4 rings (SSSR count). The number of carbonyl (C=O) groups excluding carboxylic acids is 1. The summed E-state index contributed by atoms with van der Waals surface area (Å²) in [5.74, 6) is -0.410. The number of aryl methyl sites for hydroxylation is 1. The smallest absolute Gasteiger partial charge is 0.274 e. The standard InChI is InChI=1S/C20H18N4O3S/c1-14-5-6-15-7-8-17(12-19(15)22-14)28(26,27)24-11-9-16(13-24)23-20(25)18-4-2-3-10-21-18/h2-4,7-13,22H,1,5-6H2,(H,23,25). The first-order valence-electron chi connectivity index (χ1n) is 8.67. The molecule has 0 bridgehead atoms. The van der Waals surface area contributed by atoms with Crippen LogP contribution in [0.5, 0.6) is 0 Å². The molecule has 0 aliphatic carbocycles. The number of aromatic nitrogens is 2. The zero-order valence-corrected chi connectivity index (χ0v) is 15.7. The van der Waals surface area contributed by atoms with Gasteiger partial charge in [0.25, 0.3) is 15.9 Å². The van der Waals surface area contributed by atoms with E-state index in [2.05, 4.69) is 22.2 Å². The van der Waals surface area contributed by atoms with E-state index in [1.54, 1.807) is 30.3 Å². The minimum absolute atomic E-state index is 0.159. The SMILES string of the molecule is C=C1CCc2ccc(S(=O)(=O)n3ccc(NC(=O)c4ccccn4)c3)cc2N1. The quantitative estimate of drug-likeness (QED) is 0.709. The Morgan fingerprint density at radius 2 is 2.04 bits per heavy atom. The molecule has 0 spiro atoms. The minimum atomic E-state index is -3.79. The van der Waals surface area contributed by atoms with Gasteiger partial charge in [-0.15, -0.1) is 0 Å². The number of pyridine rings is 1. The van der Waals surface area contributed by atoms with Crippen LogP contribution in [0.4, 0.5) is 11.4 Å². The van der Waals surface area contributed by atoms with Crippen molar-refractivity contribution in [3.05, 3.63) is 84.6 Å². The largest absolute Gasteiger partial charge is 0.359 e. The van der Waals surface area contributed by atoms with Crippen molar-refractivity contribution in [3.8, 4) is 0 Å². The maximum absolute atomic E-state index is 13.0. The van der Waals surface area contributed by atoms with E-state index in [1.807, 2.05) is 6.07 Å². The van der Waals surface area contributed by atoms with Gasteiger partial charge in [-0.25, -0.2) is 12.4 Å². The molecule has 0 unspecified atom stereocenters. The van der Waals surface area contributed by atoms with Crippen LogP contribution in [0.3, 0.4) is 0 Å². The Morgan fingerprint density at radius 1 is 1.18 bits per heavy atom. The Morgan fingerprint density at radius 3 is 2.82 bits per heavy atom. The molecule has 3 heterocycles. The molecular formula is C20H18N4O3S. The lowest BCUT2D eigenvalue weighted by Crippen LogP contribution is -2.15. The number of amides is 1. The Kier molecular flexibility index (Phi) is 4.48. The van der Waals surface area contributed by atoms with Gasteiger partial charge in [-0.1, -0.05) is 18.7 Å². The number of carbonyl (C=O) groups is 1. The van der Waals surface area contributed by atoms with E-state index in [0.717, 1.165) is 33.8 Å². The van der Waals surface area contributed by atoms with E-state index in [9.17, 15) is 13.2 Å². The summed E-state index contributed by atoms with van der Waals surface area (Å²) >= 11 is 0. The van der Waals surface area contributed by atoms with Crippen molar-refractivity contribution >= 4 is 27.3 Å². The second kappa shape index (κ2) is 6.97. The van der Waals surface area contributed by atoms with Gasteiger partial charge in [-0.3, -0.25) is 9.78 Å².